The Labute approximate surface area is 131 Å². The predicted molar refractivity (Wildman–Crippen MR) is 82.4 cm³/mol. The standard InChI is InChI=1S/C16H12Cl2FNO/c17-11-4-1-3-10(9-11)16(7-8-16)15(21)20-13-6-2-5-12(18)14(13)19/h1-6,9H,7-8H2,(H,20,21). The van der Waals surface area contributed by atoms with Gasteiger partial charge in [0.1, 0.15) is 0 Å². The van der Waals surface area contributed by atoms with Crippen LogP contribution in [0.4, 0.5) is 10.1 Å². The van der Waals surface area contributed by atoms with Crippen LogP contribution in [0.1, 0.15) is 18.4 Å². The molecule has 108 valence electrons. The van der Waals surface area contributed by atoms with Crippen molar-refractivity contribution in [2.45, 2.75) is 18.3 Å². The number of hydrogen-bond donors (Lipinski definition) is 1. The van der Waals surface area contributed by atoms with E-state index in [4.69, 9.17) is 23.2 Å². The van der Waals surface area contributed by atoms with Gasteiger partial charge in [0.15, 0.2) is 5.82 Å². The normalized spacial score (nSPS) is 15.6. The number of amides is 1. The second-order valence-electron chi connectivity index (χ2n) is 5.15. The molecular formula is C16H12Cl2FNO. The molecule has 1 aliphatic rings. The molecule has 5 heteroatoms. The van der Waals surface area contributed by atoms with Gasteiger partial charge in [0.05, 0.1) is 16.1 Å². The van der Waals surface area contributed by atoms with Crippen molar-refractivity contribution in [3.05, 3.63) is 63.9 Å². The van der Waals surface area contributed by atoms with Crippen LogP contribution >= 0.6 is 23.2 Å². The molecule has 0 bridgehead atoms. The van der Waals surface area contributed by atoms with Gasteiger partial charge in [-0.2, -0.15) is 0 Å². The highest BCUT2D eigenvalue weighted by atomic mass is 35.5. The first-order chi connectivity index (χ1) is 10.0. The van der Waals surface area contributed by atoms with Crippen LogP contribution in [0, 0.1) is 5.82 Å². The van der Waals surface area contributed by atoms with Crippen LogP contribution in [0.3, 0.4) is 0 Å². The Bertz CT molecular complexity index is 713. The van der Waals surface area contributed by atoms with E-state index in [9.17, 15) is 9.18 Å². The molecular weight excluding hydrogens is 312 g/mol. The van der Waals surface area contributed by atoms with Crippen molar-refractivity contribution in [1.29, 1.82) is 0 Å². The maximum absolute atomic E-state index is 13.9. The van der Waals surface area contributed by atoms with E-state index in [0.29, 0.717) is 5.02 Å². The summed E-state index contributed by atoms with van der Waals surface area (Å²) in [7, 11) is 0. The number of nitrogens with one attached hydrogen (secondary N) is 1. The van der Waals surface area contributed by atoms with Gasteiger partial charge in [-0.1, -0.05) is 41.4 Å². The molecule has 0 spiro atoms. The Hall–Kier alpha value is -1.58. The van der Waals surface area contributed by atoms with Gasteiger partial charge in [-0.3, -0.25) is 4.79 Å². The average Bonchev–Trinajstić information content (AvgIpc) is 3.25. The fourth-order valence-electron chi connectivity index (χ4n) is 2.40. The van der Waals surface area contributed by atoms with Crippen molar-refractivity contribution >= 4 is 34.8 Å². The van der Waals surface area contributed by atoms with E-state index in [2.05, 4.69) is 5.32 Å². The summed E-state index contributed by atoms with van der Waals surface area (Å²) in [5.41, 5.74) is 0.343. The Morgan fingerprint density at radius 3 is 2.52 bits per heavy atom. The molecule has 0 saturated heterocycles. The molecule has 1 saturated carbocycles. The smallest absolute Gasteiger partial charge is 0.235 e. The van der Waals surface area contributed by atoms with Crippen LogP contribution in [0.25, 0.3) is 0 Å². The third kappa shape index (κ3) is 2.63. The lowest BCUT2D eigenvalue weighted by atomic mass is 9.95. The second kappa shape index (κ2) is 5.32. The molecule has 0 unspecified atom stereocenters. The predicted octanol–water partition coefficient (Wildman–Crippen LogP) is 4.80. The first kappa shape index (κ1) is 14.4. The Kier molecular flexibility index (Phi) is 3.64. The molecule has 1 aliphatic carbocycles. The lowest BCUT2D eigenvalue weighted by molar-refractivity contribution is -0.118. The van der Waals surface area contributed by atoms with Crippen molar-refractivity contribution in [1.82, 2.24) is 0 Å². The van der Waals surface area contributed by atoms with E-state index >= 15 is 0 Å². The molecule has 0 atom stereocenters. The van der Waals surface area contributed by atoms with Crippen molar-refractivity contribution in [3.63, 3.8) is 0 Å². The number of anilines is 1. The zero-order chi connectivity index (χ0) is 15.0. The lowest BCUT2D eigenvalue weighted by Gasteiger charge is -2.16. The quantitative estimate of drug-likeness (QED) is 0.863. The number of halogens is 3. The number of hydrogen-bond acceptors (Lipinski definition) is 1. The second-order valence-corrected chi connectivity index (χ2v) is 5.99. The van der Waals surface area contributed by atoms with Gasteiger partial charge < -0.3 is 5.32 Å². The summed E-state index contributed by atoms with van der Waals surface area (Å²) in [6.07, 6.45) is 1.45. The zero-order valence-corrected chi connectivity index (χ0v) is 12.5. The molecule has 2 nitrogen and oxygen atoms in total. The number of rotatable bonds is 3. The zero-order valence-electron chi connectivity index (χ0n) is 11.0. The highest BCUT2D eigenvalue weighted by Crippen LogP contribution is 2.49. The molecule has 2 aromatic carbocycles. The topological polar surface area (TPSA) is 29.1 Å². The van der Waals surface area contributed by atoms with Crippen molar-refractivity contribution < 1.29 is 9.18 Å². The van der Waals surface area contributed by atoms with Crippen molar-refractivity contribution in [2.24, 2.45) is 0 Å². The first-order valence-electron chi connectivity index (χ1n) is 6.54. The fraction of sp³-hybridized carbons (Fsp3) is 0.188. The molecule has 0 aliphatic heterocycles. The third-order valence-corrected chi connectivity index (χ3v) is 4.29. The fourth-order valence-corrected chi connectivity index (χ4v) is 2.77. The minimum absolute atomic E-state index is 0.0135. The largest absolute Gasteiger partial charge is 0.323 e. The van der Waals surface area contributed by atoms with Gasteiger partial charge in [-0.25, -0.2) is 4.39 Å². The van der Waals surface area contributed by atoms with Gasteiger partial charge in [-0.15, -0.1) is 0 Å². The minimum atomic E-state index is -0.616. The Balaban J connectivity index is 1.87. The van der Waals surface area contributed by atoms with Gasteiger partial charge in [0.25, 0.3) is 0 Å². The van der Waals surface area contributed by atoms with E-state index in [1.807, 2.05) is 12.1 Å². The minimum Gasteiger partial charge on any atom is -0.323 e. The average molecular weight is 324 g/mol. The van der Waals surface area contributed by atoms with Crippen LogP contribution in [0.2, 0.25) is 10.0 Å². The van der Waals surface area contributed by atoms with E-state index in [1.165, 1.54) is 12.1 Å². The van der Waals surface area contributed by atoms with Crippen LogP contribution in [-0.2, 0) is 10.2 Å². The summed E-state index contributed by atoms with van der Waals surface area (Å²) in [4.78, 5) is 12.5. The van der Waals surface area contributed by atoms with E-state index in [-0.39, 0.29) is 16.6 Å². The molecule has 3 rings (SSSR count). The molecule has 1 amide bonds. The first-order valence-corrected chi connectivity index (χ1v) is 7.30. The molecule has 0 aromatic heterocycles. The highest BCUT2D eigenvalue weighted by molar-refractivity contribution is 6.31. The number of carbonyl (C=O) groups is 1. The van der Waals surface area contributed by atoms with Gasteiger partial charge in [-0.05, 0) is 42.7 Å². The van der Waals surface area contributed by atoms with Gasteiger partial charge >= 0.3 is 0 Å². The third-order valence-electron chi connectivity index (χ3n) is 3.76. The number of carbonyl (C=O) groups excluding carboxylic acids is 1. The molecule has 21 heavy (non-hydrogen) atoms. The molecule has 0 radical (unpaired) electrons. The summed E-state index contributed by atoms with van der Waals surface area (Å²) in [5, 5.41) is 3.20. The molecule has 1 fully saturated rings. The van der Waals surface area contributed by atoms with Gasteiger partial charge in [0.2, 0.25) is 5.91 Å². The van der Waals surface area contributed by atoms with E-state index in [0.717, 1.165) is 18.4 Å². The Morgan fingerprint density at radius 2 is 1.86 bits per heavy atom. The van der Waals surface area contributed by atoms with E-state index in [1.54, 1.807) is 18.2 Å². The van der Waals surface area contributed by atoms with Crippen LogP contribution in [-0.4, -0.2) is 5.91 Å². The monoisotopic (exact) mass is 323 g/mol. The van der Waals surface area contributed by atoms with E-state index < -0.39 is 11.2 Å². The molecule has 2 aromatic rings. The SMILES string of the molecule is O=C(Nc1cccc(Cl)c1F)C1(c2cccc(Cl)c2)CC1. The Morgan fingerprint density at radius 1 is 1.14 bits per heavy atom. The number of benzene rings is 2. The summed E-state index contributed by atoms with van der Waals surface area (Å²) in [5.74, 6) is -0.847. The van der Waals surface area contributed by atoms with Crippen LogP contribution < -0.4 is 5.32 Å². The summed E-state index contributed by atoms with van der Waals surface area (Å²) in [6, 6.07) is 11.7. The lowest BCUT2D eigenvalue weighted by Crippen LogP contribution is -2.28. The maximum atomic E-state index is 13.9. The van der Waals surface area contributed by atoms with Crippen molar-refractivity contribution in [2.75, 3.05) is 5.32 Å². The van der Waals surface area contributed by atoms with Crippen molar-refractivity contribution in [3.8, 4) is 0 Å². The van der Waals surface area contributed by atoms with Crippen LogP contribution in [0.15, 0.2) is 42.5 Å². The summed E-state index contributed by atoms with van der Waals surface area (Å²) < 4.78 is 13.9. The molecule has 0 heterocycles. The molecule has 1 N–H and O–H groups in total. The maximum Gasteiger partial charge on any atom is 0.235 e. The van der Waals surface area contributed by atoms with Gasteiger partial charge in [0, 0.05) is 5.02 Å². The summed E-state index contributed by atoms with van der Waals surface area (Å²) >= 11 is 11.7. The van der Waals surface area contributed by atoms with Crippen LogP contribution in [0.5, 0.6) is 0 Å². The summed E-state index contributed by atoms with van der Waals surface area (Å²) in [6.45, 7) is 0. The highest BCUT2D eigenvalue weighted by Gasteiger charge is 2.51.